The fourth-order valence-corrected chi connectivity index (χ4v) is 10.7. The minimum atomic E-state index is -1.78. The Morgan fingerprint density at radius 2 is 0.647 bits per heavy atom. The number of hydrogen-bond donors (Lipinski definition) is 12. The molecule has 25 unspecified atom stereocenters. The van der Waals surface area contributed by atoms with Gasteiger partial charge in [-0.2, -0.15) is 0 Å². The van der Waals surface area contributed by atoms with Crippen LogP contribution in [0, 0.1) is 0 Å². The molecule has 26 heteroatoms. The van der Waals surface area contributed by atoms with Crippen LogP contribution in [0.1, 0.15) is 16.7 Å². The zero-order valence-corrected chi connectivity index (χ0v) is 46.8. The molecule has 0 aromatic heterocycles. The molecule has 5 aliphatic rings. The molecule has 85 heavy (non-hydrogen) atoms. The van der Waals surface area contributed by atoms with Gasteiger partial charge in [0.05, 0.1) is 45.1 Å². The number of aliphatic hydroxyl groups is 10. The van der Waals surface area contributed by atoms with E-state index in [1.165, 1.54) is 32.9 Å². The van der Waals surface area contributed by atoms with Crippen molar-refractivity contribution >= 4 is 36.9 Å². The quantitative estimate of drug-likeness (QED) is 0.0419. The molecular formula is C59H79N5O21. The molecule has 3 aromatic rings. The minimum Gasteiger partial charge on any atom is -0.394 e. The Labute approximate surface area is 491 Å². The molecule has 8 rings (SSSR count). The van der Waals surface area contributed by atoms with Gasteiger partial charge in [-0.15, -0.1) is 0 Å². The molecule has 26 nitrogen and oxygen atoms in total. The predicted molar refractivity (Wildman–Crippen MR) is 305 cm³/mol. The fraction of sp³-hybridized carbons (Fsp3) is 0.542. The zero-order chi connectivity index (χ0) is 60.6. The first-order valence-electron chi connectivity index (χ1n) is 27.9. The van der Waals surface area contributed by atoms with Gasteiger partial charge in [-0.05, 0) is 34.9 Å². The van der Waals surface area contributed by atoms with Crippen LogP contribution in [0.15, 0.2) is 124 Å². The third-order valence-corrected chi connectivity index (χ3v) is 15.2. The van der Waals surface area contributed by atoms with E-state index in [1.807, 2.05) is 91.0 Å². The van der Waals surface area contributed by atoms with Crippen molar-refractivity contribution in [1.29, 1.82) is 0 Å². The summed E-state index contributed by atoms with van der Waals surface area (Å²) < 4.78 is 66.5. The van der Waals surface area contributed by atoms with E-state index in [4.69, 9.17) is 63.6 Å². The summed E-state index contributed by atoms with van der Waals surface area (Å²) in [7, 11) is 2.68. The lowest BCUT2D eigenvalue weighted by molar-refractivity contribution is -0.364. The van der Waals surface area contributed by atoms with Crippen molar-refractivity contribution < 1.29 is 103 Å². The Morgan fingerprint density at radius 1 is 0.376 bits per heavy atom. The largest absolute Gasteiger partial charge is 0.394 e. The summed E-state index contributed by atoms with van der Waals surface area (Å²) in [6.07, 6.45) is -14.8. The first-order valence-corrected chi connectivity index (χ1v) is 27.9. The second-order valence-electron chi connectivity index (χ2n) is 20.7. The maximum atomic E-state index is 12.3. The monoisotopic (exact) mass is 1190 g/mol. The van der Waals surface area contributed by atoms with Gasteiger partial charge in [-0.1, -0.05) is 109 Å². The predicted octanol–water partition coefficient (Wildman–Crippen LogP) is -2.31. The number of methoxy groups -OCH3 is 2. The molecule has 5 aliphatic heterocycles. The number of nitrogens with two attached hydrogens (primary N) is 2. The highest BCUT2D eigenvalue weighted by atomic mass is 16.8. The average molecular weight is 1190 g/mol. The van der Waals surface area contributed by atoms with E-state index in [1.54, 1.807) is 36.5 Å². The topological polar surface area (TPSA) is 393 Å². The second kappa shape index (κ2) is 32.3. The summed E-state index contributed by atoms with van der Waals surface area (Å²) in [5.41, 5.74) is 15.7. The van der Waals surface area contributed by atoms with E-state index in [0.717, 1.165) is 16.7 Å². The molecule has 5 fully saturated rings. The highest BCUT2D eigenvalue weighted by Crippen LogP contribution is 2.37. The van der Waals surface area contributed by atoms with Gasteiger partial charge in [0.1, 0.15) is 110 Å². The number of benzene rings is 3. The highest BCUT2D eigenvalue weighted by molar-refractivity contribution is 5.79. The molecule has 466 valence electrons. The van der Waals surface area contributed by atoms with E-state index in [-0.39, 0.29) is 0 Å². The van der Waals surface area contributed by atoms with Gasteiger partial charge in [-0.25, -0.2) is 0 Å². The molecule has 0 bridgehead atoms. The number of rotatable bonds is 24. The molecule has 0 spiro atoms. The number of nitrogens with zero attached hydrogens (tertiary/aromatic N) is 3. The normalized spacial score (nSPS) is 39.5. The molecule has 3 aromatic carbocycles. The van der Waals surface area contributed by atoms with Crippen molar-refractivity contribution in [2.45, 2.75) is 153 Å². The Balaban J connectivity index is 0.972. The van der Waals surface area contributed by atoms with Crippen LogP contribution in [-0.2, 0) is 52.1 Å². The van der Waals surface area contributed by atoms with E-state index < -0.39 is 186 Å². The molecule has 0 radical (unpaired) electrons. The third kappa shape index (κ3) is 16.2. The molecule has 0 amide bonds. The van der Waals surface area contributed by atoms with Crippen LogP contribution in [0.3, 0.4) is 0 Å². The highest BCUT2D eigenvalue weighted by Gasteiger charge is 2.56. The van der Waals surface area contributed by atoms with E-state index in [9.17, 15) is 51.1 Å². The van der Waals surface area contributed by atoms with Gasteiger partial charge in [0, 0.05) is 32.9 Å². The molecule has 0 saturated carbocycles. The van der Waals surface area contributed by atoms with Gasteiger partial charge in [0.15, 0.2) is 31.5 Å². The summed E-state index contributed by atoms with van der Waals surface area (Å²) >= 11 is 0. The van der Waals surface area contributed by atoms with Gasteiger partial charge < -0.3 is 115 Å². The lowest BCUT2D eigenvalue weighted by Crippen LogP contribution is -2.69. The van der Waals surface area contributed by atoms with Gasteiger partial charge in [0.25, 0.3) is 0 Å². The Kier molecular flexibility index (Phi) is 25.0. The summed E-state index contributed by atoms with van der Waals surface area (Å²) in [4.78, 5) is 13.6. The van der Waals surface area contributed by atoms with Crippen LogP contribution >= 0.6 is 0 Å². The lowest BCUT2D eigenvalue weighted by Gasteiger charge is -2.50. The van der Waals surface area contributed by atoms with Crippen molar-refractivity contribution in [3.8, 4) is 0 Å². The lowest BCUT2D eigenvalue weighted by atomic mass is 9.93. The van der Waals surface area contributed by atoms with Crippen molar-refractivity contribution in [3.05, 3.63) is 126 Å². The van der Waals surface area contributed by atoms with Crippen molar-refractivity contribution in [3.63, 3.8) is 0 Å². The third-order valence-electron chi connectivity index (χ3n) is 15.2. The van der Waals surface area contributed by atoms with Crippen LogP contribution in [0.25, 0.3) is 18.2 Å². The second-order valence-corrected chi connectivity index (χ2v) is 20.7. The van der Waals surface area contributed by atoms with Crippen LogP contribution in [0.4, 0.5) is 0 Å². The Bertz CT molecular complexity index is 2630. The number of ether oxygens (including phenoxy) is 11. The van der Waals surface area contributed by atoms with Crippen LogP contribution < -0.4 is 11.5 Å². The zero-order valence-electron chi connectivity index (χ0n) is 46.8. The van der Waals surface area contributed by atoms with Gasteiger partial charge in [0.2, 0.25) is 0 Å². The molecule has 5 saturated heterocycles. The summed E-state index contributed by atoms with van der Waals surface area (Å²) in [5.74, 6) is 0. The minimum absolute atomic E-state index is 0.604. The first kappa shape index (κ1) is 65.9. The summed E-state index contributed by atoms with van der Waals surface area (Å²) in [5, 5.41) is 112. The van der Waals surface area contributed by atoms with E-state index in [2.05, 4.69) is 15.0 Å². The smallest absolute Gasteiger partial charge is 0.183 e. The van der Waals surface area contributed by atoms with E-state index in [0.29, 0.717) is 0 Å². The maximum absolute atomic E-state index is 12.3. The summed E-state index contributed by atoms with van der Waals surface area (Å²) in [6, 6.07) is 21.2. The van der Waals surface area contributed by atoms with Crippen molar-refractivity contribution in [1.82, 2.24) is 0 Å². The molecule has 5 heterocycles. The van der Waals surface area contributed by atoms with Crippen molar-refractivity contribution in [2.24, 2.45) is 26.4 Å². The summed E-state index contributed by atoms with van der Waals surface area (Å²) in [6.45, 7) is -3.71. The Hall–Kier alpha value is -5.03. The maximum Gasteiger partial charge on any atom is 0.183 e. The molecule has 25 atom stereocenters. The Morgan fingerprint density at radius 3 is 0.965 bits per heavy atom. The number of allylic oxidation sites excluding steroid dienone is 3. The van der Waals surface area contributed by atoms with Crippen LogP contribution in [0.5, 0.6) is 0 Å². The van der Waals surface area contributed by atoms with Gasteiger partial charge >= 0.3 is 0 Å². The number of aliphatic imine (C=N–C) groups is 3. The van der Waals surface area contributed by atoms with E-state index >= 15 is 0 Å². The SMILES string of the molecule is COC1OC(CO)C(OC2OC(CO)C(OC3OC(CO)C(OC4OC(CO)C(OC5OC(CO)C(OC)C(O)C5N=C/C=C/c5ccccc5)C(O)C4N=C/C=C/c4ccccc4)C(O)C3N)C(O)C2N)C(O)C1N=C/C=C/c1ccccc1. The number of aliphatic hydroxyl groups excluding tert-OH is 10. The van der Waals surface area contributed by atoms with Gasteiger partial charge in [-0.3, -0.25) is 15.0 Å². The van der Waals surface area contributed by atoms with Crippen molar-refractivity contribution in [2.75, 3.05) is 47.3 Å². The molecule has 0 aliphatic carbocycles. The average Bonchev–Trinajstić information content (AvgIpc) is 3.14. The van der Waals surface area contributed by atoms with Crippen LogP contribution in [0.2, 0.25) is 0 Å². The van der Waals surface area contributed by atoms with Crippen LogP contribution in [-0.4, -0.2) is 270 Å². The molecule has 14 N–H and O–H groups in total. The molecular weight excluding hydrogens is 1110 g/mol. The number of hydrogen-bond acceptors (Lipinski definition) is 26. The fourth-order valence-electron chi connectivity index (χ4n) is 10.7. The standard InChI is InChI=1S/C59H79N5O21/c1-75-50-35(27-65)80-58(43(47(50)72)63-25-13-22-33-17-8-4-9-18-33)85-54-39(31-69)81-59(44(49(54)74)64-26-14-23-34-19-10-5-11-20-34)84-52-37(29-67)78-55(41(61)46(52)71)82-51-36(28-66)77-56(40(60)45(51)70)83-53-38(30-68)79-57(76-2)42(48(53)73)62-24-12-21-32-15-6-3-7-16-32/h3-26,35-59,65-74H,27-31,60-61H2,1-2H3/b21-12+,22-13+,23-14+,62-24?,63-25?,64-26?. The first-order chi connectivity index (χ1) is 41.3.